The number of likely N-dealkylation sites (tertiary alicyclic amines) is 1. The zero-order chi connectivity index (χ0) is 16.4. The minimum Gasteiger partial charge on any atom is -0.481 e. The van der Waals surface area contributed by atoms with Gasteiger partial charge in [-0.15, -0.1) is 0 Å². The maximum atomic E-state index is 13.7. The summed E-state index contributed by atoms with van der Waals surface area (Å²) in [5.41, 5.74) is -0.282. The van der Waals surface area contributed by atoms with Crippen molar-refractivity contribution in [3.63, 3.8) is 0 Å². The first-order chi connectivity index (χ1) is 10.3. The molecule has 1 aliphatic rings. The third-order valence-corrected chi connectivity index (χ3v) is 4.16. The molecule has 0 aromatic heterocycles. The van der Waals surface area contributed by atoms with E-state index < -0.39 is 29.6 Å². The summed E-state index contributed by atoms with van der Waals surface area (Å²) in [4.78, 5) is 24.6. The smallest absolute Gasteiger partial charge is 0.321 e. The molecule has 5 nitrogen and oxygen atoms in total. The Labute approximate surface area is 134 Å². The SMILES string of the molecule is CC1CC(C(=O)O)CN(C(=O)Nc2cc(F)c(Br)cc2F)C1. The third-order valence-electron chi connectivity index (χ3n) is 3.55. The van der Waals surface area contributed by atoms with Crippen molar-refractivity contribution in [2.24, 2.45) is 11.8 Å². The van der Waals surface area contributed by atoms with Crippen molar-refractivity contribution in [2.75, 3.05) is 18.4 Å². The highest BCUT2D eigenvalue weighted by Crippen LogP contribution is 2.25. The van der Waals surface area contributed by atoms with Crippen LogP contribution in [0.2, 0.25) is 0 Å². The largest absolute Gasteiger partial charge is 0.481 e. The Morgan fingerprint density at radius 1 is 1.32 bits per heavy atom. The van der Waals surface area contributed by atoms with Gasteiger partial charge in [-0.05, 0) is 34.3 Å². The molecule has 2 atom stereocenters. The van der Waals surface area contributed by atoms with Gasteiger partial charge in [0.05, 0.1) is 16.1 Å². The predicted octanol–water partition coefficient (Wildman–Crippen LogP) is 3.30. The minimum atomic E-state index is -0.967. The molecule has 2 amide bonds. The quantitative estimate of drug-likeness (QED) is 0.778. The molecule has 2 N–H and O–H groups in total. The maximum Gasteiger partial charge on any atom is 0.321 e. The lowest BCUT2D eigenvalue weighted by molar-refractivity contribution is -0.143. The van der Waals surface area contributed by atoms with Gasteiger partial charge in [-0.3, -0.25) is 4.79 Å². The number of carboxylic acid groups (broad SMARTS) is 1. The number of hydrogen-bond donors (Lipinski definition) is 2. The van der Waals surface area contributed by atoms with Crippen LogP contribution in [-0.2, 0) is 4.79 Å². The van der Waals surface area contributed by atoms with Crippen molar-refractivity contribution >= 4 is 33.6 Å². The molecule has 0 saturated carbocycles. The number of anilines is 1. The highest BCUT2D eigenvalue weighted by molar-refractivity contribution is 9.10. The highest BCUT2D eigenvalue weighted by Gasteiger charge is 2.32. The van der Waals surface area contributed by atoms with Gasteiger partial charge in [-0.2, -0.15) is 0 Å². The van der Waals surface area contributed by atoms with Crippen LogP contribution in [-0.4, -0.2) is 35.1 Å². The number of urea groups is 1. The fraction of sp³-hybridized carbons (Fsp3) is 0.429. The Kier molecular flexibility index (Phi) is 5.00. The number of hydrogen-bond acceptors (Lipinski definition) is 2. The van der Waals surface area contributed by atoms with Gasteiger partial charge in [0.2, 0.25) is 0 Å². The number of halogens is 3. The normalized spacial score (nSPS) is 21.5. The molecule has 1 aliphatic heterocycles. The molecule has 0 radical (unpaired) electrons. The molecule has 0 spiro atoms. The van der Waals surface area contributed by atoms with E-state index in [9.17, 15) is 18.4 Å². The number of nitrogens with zero attached hydrogens (tertiary/aromatic N) is 1. The topological polar surface area (TPSA) is 69.6 Å². The molecule has 120 valence electrons. The third kappa shape index (κ3) is 3.73. The molecule has 8 heteroatoms. The Hall–Kier alpha value is -1.70. The van der Waals surface area contributed by atoms with Crippen LogP contribution in [0.3, 0.4) is 0 Å². The lowest BCUT2D eigenvalue weighted by atomic mass is 9.91. The van der Waals surface area contributed by atoms with E-state index >= 15 is 0 Å². The summed E-state index contributed by atoms with van der Waals surface area (Å²) >= 11 is 2.85. The lowest BCUT2D eigenvalue weighted by Crippen LogP contribution is -2.47. The van der Waals surface area contributed by atoms with Crippen molar-refractivity contribution in [3.8, 4) is 0 Å². The van der Waals surface area contributed by atoms with E-state index in [0.29, 0.717) is 13.0 Å². The number of piperidine rings is 1. The number of carbonyl (C=O) groups is 2. The van der Waals surface area contributed by atoms with E-state index in [1.54, 1.807) is 0 Å². The number of rotatable bonds is 2. The molecule has 22 heavy (non-hydrogen) atoms. The van der Waals surface area contributed by atoms with Gasteiger partial charge >= 0.3 is 12.0 Å². The number of carboxylic acids is 1. The van der Waals surface area contributed by atoms with E-state index in [1.165, 1.54) is 4.90 Å². The van der Waals surface area contributed by atoms with E-state index in [1.807, 2.05) is 6.92 Å². The molecule has 1 aromatic carbocycles. The van der Waals surface area contributed by atoms with E-state index in [-0.39, 0.29) is 22.6 Å². The molecular formula is C14H15BrF2N2O3. The summed E-state index contributed by atoms with van der Waals surface area (Å²) in [6.45, 7) is 2.26. The molecule has 0 aliphatic carbocycles. The average molecular weight is 377 g/mol. The van der Waals surface area contributed by atoms with Gasteiger partial charge in [0, 0.05) is 19.2 Å². The van der Waals surface area contributed by atoms with Gasteiger partial charge in [0.1, 0.15) is 11.6 Å². The van der Waals surface area contributed by atoms with Gasteiger partial charge in [0.15, 0.2) is 0 Å². The first-order valence-electron chi connectivity index (χ1n) is 6.71. The van der Waals surface area contributed by atoms with Crippen molar-refractivity contribution in [3.05, 3.63) is 28.2 Å². The Balaban J connectivity index is 2.11. The van der Waals surface area contributed by atoms with E-state index in [4.69, 9.17) is 5.11 Å². The van der Waals surface area contributed by atoms with Crippen molar-refractivity contribution in [1.82, 2.24) is 4.90 Å². The first kappa shape index (κ1) is 16.7. The summed E-state index contributed by atoms with van der Waals surface area (Å²) in [5.74, 6) is -3.08. The van der Waals surface area contributed by atoms with Crippen LogP contribution in [0, 0.1) is 23.5 Å². The monoisotopic (exact) mass is 376 g/mol. The van der Waals surface area contributed by atoms with Crippen molar-refractivity contribution in [2.45, 2.75) is 13.3 Å². The van der Waals surface area contributed by atoms with Crippen LogP contribution in [0.25, 0.3) is 0 Å². The summed E-state index contributed by atoms with van der Waals surface area (Å²) in [6.07, 6.45) is 0.486. The van der Waals surface area contributed by atoms with Gasteiger partial charge < -0.3 is 15.3 Å². The number of carbonyl (C=O) groups excluding carboxylic acids is 1. The highest BCUT2D eigenvalue weighted by atomic mass is 79.9. The van der Waals surface area contributed by atoms with Crippen LogP contribution >= 0.6 is 15.9 Å². The Bertz CT molecular complexity index is 612. The van der Waals surface area contributed by atoms with Gasteiger partial charge in [0.25, 0.3) is 0 Å². The second kappa shape index (κ2) is 6.60. The molecule has 1 fully saturated rings. The molecular weight excluding hydrogens is 362 g/mol. The lowest BCUT2D eigenvalue weighted by Gasteiger charge is -2.34. The fourth-order valence-corrected chi connectivity index (χ4v) is 2.82. The molecule has 1 heterocycles. The van der Waals surface area contributed by atoms with Gasteiger partial charge in [-0.25, -0.2) is 13.6 Å². The minimum absolute atomic E-state index is 0.0205. The van der Waals surface area contributed by atoms with Crippen LogP contribution in [0.5, 0.6) is 0 Å². The zero-order valence-corrected chi connectivity index (χ0v) is 13.4. The van der Waals surface area contributed by atoms with Crippen molar-refractivity contribution in [1.29, 1.82) is 0 Å². The average Bonchev–Trinajstić information content (AvgIpc) is 2.43. The summed E-state index contributed by atoms with van der Waals surface area (Å²) in [6, 6.07) is 1.15. The molecule has 2 rings (SSSR count). The summed E-state index contributed by atoms with van der Waals surface area (Å²) in [7, 11) is 0. The van der Waals surface area contributed by atoms with Crippen LogP contribution < -0.4 is 5.32 Å². The van der Waals surface area contributed by atoms with Crippen LogP contribution in [0.15, 0.2) is 16.6 Å². The van der Waals surface area contributed by atoms with Crippen LogP contribution in [0.4, 0.5) is 19.3 Å². The Morgan fingerprint density at radius 3 is 2.64 bits per heavy atom. The van der Waals surface area contributed by atoms with Gasteiger partial charge in [-0.1, -0.05) is 6.92 Å². The Morgan fingerprint density at radius 2 is 2.00 bits per heavy atom. The number of nitrogens with one attached hydrogen (secondary N) is 1. The predicted molar refractivity (Wildman–Crippen MR) is 79.6 cm³/mol. The van der Waals surface area contributed by atoms with Crippen molar-refractivity contribution < 1.29 is 23.5 Å². The van der Waals surface area contributed by atoms with E-state index in [2.05, 4.69) is 21.2 Å². The molecule has 1 saturated heterocycles. The summed E-state index contributed by atoms with van der Waals surface area (Å²) in [5, 5.41) is 11.4. The number of aliphatic carboxylic acids is 1. The summed E-state index contributed by atoms with van der Waals surface area (Å²) < 4.78 is 27.1. The molecule has 1 aromatic rings. The maximum absolute atomic E-state index is 13.7. The standard InChI is InChI=1S/C14H15BrF2N2O3/c1-7-2-8(13(20)21)6-19(5-7)14(22)18-12-4-10(16)9(15)3-11(12)17/h3-4,7-8H,2,5-6H2,1H3,(H,18,22)(H,20,21). The number of amides is 2. The van der Waals surface area contributed by atoms with E-state index in [0.717, 1.165) is 12.1 Å². The second-order valence-corrected chi connectivity index (χ2v) is 6.31. The molecule has 2 unspecified atom stereocenters. The van der Waals surface area contributed by atoms with Crippen LogP contribution in [0.1, 0.15) is 13.3 Å². The number of benzene rings is 1. The zero-order valence-electron chi connectivity index (χ0n) is 11.8. The fourth-order valence-electron chi connectivity index (χ4n) is 2.51. The first-order valence-corrected chi connectivity index (χ1v) is 7.50. The second-order valence-electron chi connectivity index (χ2n) is 5.46. The molecule has 0 bridgehead atoms.